The molecule has 1 aliphatic carbocycles. The molecule has 3 aromatic rings. The van der Waals surface area contributed by atoms with E-state index in [2.05, 4.69) is 16.9 Å². The van der Waals surface area contributed by atoms with Gasteiger partial charge in [-0.25, -0.2) is 14.4 Å². The Kier molecular flexibility index (Phi) is 6.61. The van der Waals surface area contributed by atoms with Crippen LogP contribution in [-0.4, -0.2) is 34.1 Å². The van der Waals surface area contributed by atoms with Crippen LogP contribution in [0.2, 0.25) is 0 Å². The maximum Gasteiger partial charge on any atom is 0.237 e. The van der Waals surface area contributed by atoms with E-state index in [0.29, 0.717) is 22.6 Å². The highest BCUT2D eigenvalue weighted by molar-refractivity contribution is 7.99. The number of hydrogen-bond donors (Lipinski definition) is 2. The molecule has 0 spiro atoms. The second-order valence-corrected chi connectivity index (χ2v) is 9.98. The van der Waals surface area contributed by atoms with Gasteiger partial charge in [-0.2, -0.15) is 0 Å². The molecule has 0 saturated carbocycles. The Morgan fingerprint density at radius 1 is 1.28 bits per heavy atom. The molecule has 1 aliphatic rings. The number of nitrogens with zero attached hydrogens (tertiary/aromatic N) is 3. The number of fused-ring (bicyclic) bond motifs is 3. The van der Waals surface area contributed by atoms with Crippen molar-refractivity contribution in [3.05, 3.63) is 40.5 Å². The Balaban J connectivity index is 1.52. The first kappa shape index (κ1) is 22.5. The summed E-state index contributed by atoms with van der Waals surface area (Å²) in [6, 6.07) is 5.53. The summed E-state index contributed by atoms with van der Waals surface area (Å²) in [6.45, 7) is 2.36. The minimum atomic E-state index is -0.518. The van der Waals surface area contributed by atoms with Gasteiger partial charge in [0.1, 0.15) is 16.5 Å². The summed E-state index contributed by atoms with van der Waals surface area (Å²) < 4.78 is 13.3. The maximum absolute atomic E-state index is 13.3. The van der Waals surface area contributed by atoms with E-state index in [9.17, 15) is 14.0 Å². The monoisotopic (exact) mass is 473 g/mol. The molecule has 0 saturated heterocycles. The third-order valence-electron chi connectivity index (χ3n) is 5.51. The molecule has 32 heavy (non-hydrogen) atoms. The summed E-state index contributed by atoms with van der Waals surface area (Å²) in [7, 11) is 0. The lowest BCUT2D eigenvalue weighted by atomic mass is 9.89. The van der Waals surface area contributed by atoms with Gasteiger partial charge in [-0.3, -0.25) is 9.59 Å². The van der Waals surface area contributed by atoms with Gasteiger partial charge in [-0.15, -0.1) is 11.3 Å². The SMILES string of the molecule is CC1CCc2c(sc3nc(SCC(=O)N(CCC(N)=O)c4ccc(F)cc4)nc(N)c23)C1. The predicted octanol–water partition coefficient (Wildman–Crippen LogP) is 3.54. The molecule has 4 rings (SSSR count). The number of thiophene rings is 1. The number of nitrogen functional groups attached to an aromatic ring is 1. The van der Waals surface area contributed by atoms with Gasteiger partial charge >= 0.3 is 0 Å². The van der Waals surface area contributed by atoms with Gasteiger partial charge in [0.2, 0.25) is 11.8 Å². The van der Waals surface area contributed by atoms with E-state index < -0.39 is 11.7 Å². The zero-order valence-electron chi connectivity index (χ0n) is 17.6. The van der Waals surface area contributed by atoms with Gasteiger partial charge in [0.25, 0.3) is 0 Å². The van der Waals surface area contributed by atoms with Crippen molar-refractivity contribution in [2.24, 2.45) is 11.7 Å². The van der Waals surface area contributed by atoms with Crippen LogP contribution >= 0.6 is 23.1 Å². The van der Waals surface area contributed by atoms with Crippen molar-refractivity contribution in [3.63, 3.8) is 0 Å². The van der Waals surface area contributed by atoms with Crippen molar-refractivity contribution in [1.29, 1.82) is 0 Å². The second kappa shape index (κ2) is 9.41. The fourth-order valence-corrected chi connectivity index (χ4v) is 6.04. The summed E-state index contributed by atoms with van der Waals surface area (Å²) >= 11 is 2.84. The quantitative estimate of drug-likeness (QED) is 0.401. The number of carbonyl (C=O) groups excluding carboxylic acids is 2. The summed E-state index contributed by atoms with van der Waals surface area (Å²) in [6.07, 6.45) is 3.15. The van der Waals surface area contributed by atoms with Crippen LogP contribution in [0, 0.1) is 11.7 Å². The molecule has 1 atom stereocenters. The molecule has 2 amide bonds. The number of amides is 2. The number of anilines is 2. The lowest BCUT2D eigenvalue weighted by Crippen LogP contribution is -2.35. The number of aryl methyl sites for hydroxylation is 1. The van der Waals surface area contributed by atoms with Crippen LogP contribution in [-0.2, 0) is 22.4 Å². The topological polar surface area (TPSA) is 115 Å². The van der Waals surface area contributed by atoms with E-state index in [1.807, 2.05) is 0 Å². The first-order valence-corrected chi connectivity index (χ1v) is 12.2. The van der Waals surface area contributed by atoms with Crippen molar-refractivity contribution in [3.8, 4) is 0 Å². The maximum atomic E-state index is 13.3. The standard InChI is InChI=1S/C22H24FN5O2S2/c1-12-2-7-15-16(10-12)32-21-19(15)20(25)26-22(27-21)31-11-18(30)28(9-8-17(24)29)14-5-3-13(23)4-6-14/h3-6,12H,2,7-11H2,1H3,(H2,24,29)(H2,25,26,27). The molecule has 2 aromatic heterocycles. The number of aromatic nitrogens is 2. The van der Waals surface area contributed by atoms with Gasteiger partial charge in [-0.1, -0.05) is 18.7 Å². The van der Waals surface area contributed by atoms with Gasteiger partial charge in [0, 0.05) is 23.5 Å². The lowest BCUT2D eigenvalue weighted by Gasteiger charge is -2.22. The highest BCUT2D eigenvalue weighted by atomic mass is 32.2. The van der Waals surface area contributed by atoms with Crippen molar-refractivity contribution in [2.75, 3.05) is 22.9 Å². The third kappa shape index (κ3) is 4.86. The van der Waals surface area contributed by atoms with Gasteiger partial charge in [0.05, 0.1) is 11.1 Å². The Morgan fingerprint density at radius 3 is 2.75 bits per heavy atom. The fourth-order valence-electron chi connectivity index (χ4n) is 3.86. The molecule has 2 heterocycles. The molecule has 168 valence electrons. The smallest absolute Gasteiger partial charge is 0.237 e. The van der Waals surface area contributed by atoms with E-state index in [0.717, 1.165) is 29.5 Å². The van der Waals surface area contributed by atoms with Crippen LogP contribution in [0.25, 0.3) is 10.2 Å². The van der Waals surface area contributed by atoms with Crippen molar-refractivity contribution in [1.82, 2.24) is 9.97 Å². The van der Waals surface area contributed by atoms with Gasteiger partial charge in [0.15, 0.2) is 5.16 Å². The molecule has 1 aromatic carbocycles. The van der Waals surface area contributed by atoms with Crippen LogP contribution < -0.4 is 16.4 Å². The first-order chi connectivity index (χ1) is 15.3. The highest BCUT2D eigenvalue weighted by Crippen LogP contribution is 2.40. The van der Waals surface area contributed by atoms with Crippen LogP contribution in [0.3, 0.4) is 0 Å². The molecule has 10 heteroatoms. The number of hydrogen-bond acceptors (Lipinski definition) is 7. The first-order valence-electron chi connectivity index (χ1n) is 10.4. The summed E-state index contributed by atoms with van der Waals surface area (Å²) in [5.74, 6) is -0.0474. The molecule has 7 nitrogen and oxygen atoms in total. The minimum absolute atomic E-state index is 0.00234. The number of nitrogens with two attached hydrogens (primary N) is 2. The van der Waals surface area contributed by atoms with Crippen LogP contribution in [0.5, 0.6) is 0 Å². The normalized spacial score (nSPS) is 15.5. The third-order valence-corrected chi connectivity index (χ3v) is 7.49. The number of rotatable bonds is 7. The molecule has 0 fully saturated rings. The Labute approximate surface area is 193 Å². The Bertz CT molecular complexity index is 1170. The number of carbonyl (C=O) groups is 2. The van der Waals surface area contributed by atoms with E-state index in [1.54, 1.807) is 11.3 Å². The average molecular weight is 474 g/mol. The minimum Gasteiger partial charge on any atom is -0.383 e. The molecule has 0 aliphatic heterocycles. The molecule has 0 radical (unpaired) electrons. The Morgan fingerprint density at radius 2 is 2.03 bits per heavy atom. The molecular weight excluding hydrogens is 449 g/mol. The zero-order valence-corrected chi connectivity index (χ0v) is 19.3. The van der Waals surface area contributed by atoms with Crippen LogP contribution in [0.15, 0.2) is 29.4 Å². The van der Waals surface area contributed by atoms with Crippen LogP contribution in [0.1, 0.15) is 30.2 Å². The molecule has 4 N–H and O–H groups in total. The zero-order chi connectivity index (χ0) is 22.8. The van der Waals surface area contributed by atoms with Crippen molar-refractivity contribution >= 4 is 56.6 Å². The number of benzene rings is 1. The van der Waals surface area contributed by atoms with E-state index in [1.165, 1.54) is 51.4 Å². The lowest BCUT2D eigenvalue weighted by molar-refractivity contribution is -0.118. The fraction of sp³-hybridized carbons (Fsp3) is 0.364. The Hall–Kier alpha value is -2.72. The van der Waals surface area contributed by atoms with Crippen LogP contribution in [0.4, 0.5) is 15.9 Å². The van der Waals surface area contributed by atoms with Gasteiger partial charge in [-0.05, 0) is 55.0 Å². The average Bonchev–Trinajstić information content (AvgIpc) is 3.11. The van der Waals surface area contributed by atoms with Gasteiger partial charge < -0.3 is 16.4 Å². The van der Waals surface area contributed by atoms with E-state index in [4.69, 9.17) is 11.5 Å². The summed E-state index contributed by atoms with van der Waals surface area (Å²) in [4.78, 5) is 36.9. The molecule has 1 unspecified atom stereocenters. The predicted molar refractivity (Wildman–Crippen MR) is 126 cm³/mol. The number of thioether (sulfide) groups is 1. The number of halogens is 1. The molecule has 0 bridgehead atoms. The largest absolute Gasteiger partial charge is 0.383 e. The second-order valence-electron chi connectivity index (χ2n) is 7.95. The molecular formula is C22H24FN5O2S2. The van der Waals surface area contributed by atoms with Crippen molar-refractivity contribution in [2.45, 2.75) is 37.8 Å². The van der Waals surface area contributed by atoms with E-state index in [-0.39, 0.29) is 24.6 Å². The summed E-state index contributed by atoms with van der Waals surface area (Å²) in [5.41, 5.74) is 13.3. The number of primary amides is 1. The van der Waals surface area contributed by atoms with Crippen molar-refractivity contribution < 1.29 is 14.0 Å². The summed E-state index contributed by atoms with van der Waals surface area (Å²) in [5, 5.41) is 1.38. The van der Waals surface area contributed by atoms with E-state index >= 15 is 0 Å². The highest BCUT2D eigenvalue weighted by Gasteiger charge is 2.24.